The molecular weight excluding hydrogens is 158 g/mol. The molecule has 66 valence electrons. The Kier molecular flexibility index (Phi) is 2.38. The van der Waals surface area contributed by atoms with E-state index in [1.165, 1.54) is 6.07 Å². The Bertz CT molecular complexity index is 330. The zero-order chi connectivity index (χ0) is 9.14. The normalized spacial score (nSPS) is 10.1. The minimum Gasteiger partial charge on any atom is -0.503 e. The van der Waals surface area contributed by atoms with E-state index in [4.69, 9.17) is 10.3 Å². The van der Waals surface area contributed by atoms with Crippen LogP contribution in [0.1, 0.15) is 19.0 Å². The lowest BCUT2D eigenvalue weighted by Crippen LogP contribution is -2.09. The molecule has 4 nitrogen and oxygen atoms in total. The molecule has 0 spiro atoms. The highest BCUT2D eigenvalue weighted by molar-refractivity contribution is 5.19. The molecule has 0 aliphatic heterocycles. The fourth-order valence-electron chi connectivity index (χ4n) is 0.997. The number of aromatic hydroxyl groups is 1. The molecule has 0 unspecified atom stereocenters. The van der Waals surface area contributed by atoms with Crippen molar-refractivity contribution in [2.24, 2.45) is 0 Å². The molecule has 0 radical (unpaired) electrons. The Morgan fingerprint density at radius 3 is 2.83 bits per heavy atom. The lowest BCUT2D eigenvalue weighted by atomic mass is 10.2. The quantitative estimate of drug-likeness (QED) is 0.642. The topological polar surface area (TPSA) is 62.5 Å². The Labute approximate surface area is 69.7 Å². The van der Waals surface area contributed by atoms with Crippen molar-refractivity contribution in [3.05, 3.63) is 28.2 Å². The minimum atomic E-state index is -0.455. The maximum atomic E-state index is 10.9. The van der Waals surface area contributed by atoms with E-state index < -0.39 is 11.2 Å². The number of pyridine rings is 1. The Morgan fingerprint density at radius 1 is 1.58 bits per heavy atom. The lowest BCUT2D eigenvalue weighted by Gasteiger charge is -2.04. The van der Waals surface area contributed by atoms with E-state index >= 15 is 0 Å². The van der Waals surface area contributed by atoms with Crippen molar-refractivity contribution in [3.63, 3.8) is 0 Å². The molecule has 1 heterocycles. The van der Waals surface area contributed by atoms with Crippen LogP contribution >= 0.6 is 0 Å². The first-order valence-electron chi connectivity index (χ1n) is 3.79. The van der Waals surface area contributed by atoms with Crippen molar-refractivity contribution in [3.8, 4) is 5.75 Å². The van der Waals surface area contributed by atoms with Gasteiger partial charge in [0.05, 0.1) is 11.9 Å². The maximum Gasteiger partial charge on any atom is 0.223 e. The van der Waals surface area contributed by atoms with Gasteiger partial charge in [-0.25, -0.2) is 0 Å². The van der Waals surface area contributed by atoms with Gasteiger partial charge in [0.15, 0.2) is 5.75 Å². The van der Waals surface area contributed by atoms with Crippen LogP contribution in [0.4, 0.5) is 0 Å². The van der Waals surface area contributed by atoms with Crippen molar-refractivity contribution < 1.29 is 10.3 Å². The van der Waals surface area contributed by atoms with Gasteiger partial charge in [-0.05, 0) is 6.42 Å². The standard InChI is InChI=1S/C8H11NO3/c1-2-3-6-4-7(10)8(11)5-9(6)12/h4-5,11-12H,2-3H2,1H3. The maximum absolute atomic E-state index is 10.9. The van der Waals surface area contributed by atoms with Crippen LogP contribution in [0.15, 0.2) is 17.1 Å². The van der Waals surface area contributed by atoms with Gasteiger partial charge in [0, 0.05) is 6.07 Å². The van der Waals surface area contributed by atoms with Crippen molar-refractivity contribution in [1.29, 1.82) is 0 Å². The molecule has 1 rings (SSSR count). The minimum absolute atomic E-state index is 0.433. The summed E-state index contributed by atoms with van der Waals surface area (Å²) in [4.78, 5) is 10.9. The highest BCUT2D eigenvalue weighted by Crippen LogP contribution is 2.04. The zero-order valence-electron chi connectivity index (χ0n) is 6.82. The predicted octanol–water partition coefficient (Wildman–Crippen LogP) is 0.744. The molecule has 0 atom stereocenters. The van der Waals surface area contributed by atoms with E-state index in [0.717, 1.165) is 17.3 Å². The third kappa shape index (κ3) is 1.58. The third-order valence-corrected chi connectivity index (χ3v) is 1.60. The molecule has 0 aromatic carbocycles. The number of hydrogen-bond donors (Lipinski definition) is 2. The molecule has 0 saturated heterocycles. The first-order chi connectivity index (χ1) is 5.65. The first kappa shape index (κ1) is 8.64. The fraction of sp³-hybridized carbons (Fsp3) is 0.375. The van der Waals surface area contributed by atoms with Gasteiger partial charge >= 0.3 is 0 Å². The number of nitrogens with zero attached hydrogens (tertiary/aromatic N) is 1. The summed E-state index contributed by atoms with van der Waals surface area (Å²) in [6.07, 6.45) is 2.46. The molecule has 0 aliphatic carbocycles. The number of rotatable bonds is 2. The van der Waals surface area contributed by atoms with Crippen LogP contribution in [0.5, 0.6) is 5.75 Å². The lowest BCUT2D eigenvalue weighted by molar-refractivity contribution is 0.171. The van der Waals surface area contributed by atoms with E-state index in [2.05, 4.69) is 0 Å². The Morgan fingerprint density at radius 2 is 2.25 bits per heavy atom. The summed E-state index contributed by atoms with van der Waals surface area (Å²) in [5.74, 6) is -0.433. The predicted molar refractivity (Wildman–Crippen MR) is 43.5 cm³/mol. The second kappa shape index (κ2) is 3.30. The van der Waals surface area contributed by atoms with E-state index in [9.17, 15) is 4.79 Å². The van der Waals surface area contributed by atoms with Gasteiger partial charge in [-0.3, -0.25) is 4.79 Å². The second-order valence-corrected chi connectivity index (χ2v) is 2.61. The molecule has 0 aliphatic rings. The fourth-order valence-corrected chi connectivity index (χ4v) is 0.997. The monoisotopic (exact) mass is 169 g/mol. The summed E-state index contributed by atoms with van der Waals surface area (Å²) in [6.45, 7) is 1.94. The van der Waals surface area contributed by atoms with Crippen molar-refractivity contribution in [1.82, 2.24) is 4.73 Å². The first-order valence-corrected chi connectivity index (χ1v) is 3.79. The van der Waals surface area contributed by atoms with Crippen LogP contribution in [0.25, 0.3) is 0 Å². The molecule has 0 fully saturated rings. The third-order valence-electron chi connectivity index (χ3n) is 1.60. The molecule has 0 saturated carbocycles. The van der Waals surface area contributed by atoms with Crippen LogP contribution in [0, 0.1) is 0 Å². The van der Waals surface area contributed by atoms with E-state index in [1.807, 2.05) is 6.92 Å². The van der Waals surface area contributed by atoms with Gasteiger partial charge in [-0.2, -0.15) is 4.73 Å². The molecule has 2 N–H and O–H groups in total. The number of aromatic nitrogens is 1. The molecular formula is C8H11NO3. The van der Waals surface area contributed by atoms with E-state index in [0.29, 0.717) is 12.1 Å². The summed E-state index contributed by atoms with van der Waals surface area (Å²) in [5, 5.41) is 18.1. The van der Waals surface area contributed by atoms with Crippen LogP contribution in [0.3, 0.4) is 0 Å². The van der Waals surface area contributed by atoms with Gasteiger partial charge in [0.2, 0.25) is 5.43 Å². The average molecular weight is 169 g/mol. The van der Waals surface area contributed by atoms with Gasteiger partial charge in [0.1, 0.15) is 0 Å². The van der Waals surface area contributed by atoms with Crippen LogP contribution < -0.4 is 5.43 Å². The highest BCUT2D eigenvalue weighted by atomic mass is 16.5. The van der Waals surface area contributed by atoms with Crippen LogP contribution in [0.2, 0.25) is 0 Å². The molecule has 4 heteroatoms. The molecule has 12 heavy (non-hydrogen) atoms. The zero-order valence-corrected chi connectivity index (χ0v) is 6.82. The van der Waals surface area contributed by atoms with Gasteiger partial charge < -0.3 is 10.3 Å². The molecule has 1 aromatic rings. The number of hydrogen-bond acceptors (Lipinski definition) is 3. The van der Waals surface area contributed by atoms with Crippen molar-refractivity contribution in [2.45, 2.75) is 19.8 Å². The van der Waals surface area contributed by atoms with Gasteiger partial charge in [-0.15, -0.1) is 0 Å². The van der Waals surface area contributed by atoms with E-state index in [-0.39, 0.29) is 0 Å². The summed E-state index contributed by atoms with van der Waals surface area (Å²) in [5.41, 5.74) is 0.0593. The largest absolute Gasteiger partial charge is 0.503 e. The summed E-state index contributed by atoms with van der Waals surface area (Å²) in [7, 11) is 0. The molecule has 0 bridgehead atoms. The summed E-state index contributed by atoms with van der Waals surface area (Å²) >= 11 is 0. The molecule has 1 aromatic heterocycles. The Hall–Kier alpha value is -1.45. The van der Waals surface area contributed by atoms with E-state index in [1.54, 1.807) is 0 Å². The van der Waals surface area contributed by atoms with Crippen molar-refractivity contribution >= 4 is 0 Å². The SMILES string of the molecule is CCCc1cc(=O)c(O)cn1O. The summed E-state index contributed by atoms with van der Waals surface area (Å²) in [6, 6.07) is 1.23. The van der Waals surface area contributed by atoms with Crippen LogP contribution in [-0.4, -0.2) is 15.0 Å². The highest BCUT2D eigenvalue weighted by Gasteiger charge is 2.02. The Balaban J connectivity index is 3.14. The smallest absolute Gasteiger partial charge is 0.223 e. The van der Waals surface area contributed by atoms with Crippen molar-refractivity contribution in [2.75, 3.05) is 0 Å². The van der Waals surface area contributed by atoms with Gasteiger partial charge in [-0.1, -0.05) is 13.3 Å². The summed E-state index contributed by atoms with van der Waals surface area (Å²) < 4.78 is 0.778. The average Bonchev–Trinajstić information content (AvgIpc) is 2.01. The van der Waals surface area contributed by atoms with Gasteiger partial charge in [0.25, 0.3) is 0 Å². The van der Waals surface area contributed by atoms with Crippen LogP contribution in [-0.2, 0) is 6.42 Å². The second-order valence-electron chi connectivity index (χ2n) is 2.61. The number of aryl methyl sites for hydroxylation is 1. The molecule has 0 amide bonds.